The van der Waals surface area contributed by atoms with Crippen molar-refractivity contribution in [3.63, 3.8) is 0 Å². The van der Waals surface area contributed by atoms with Gasteiger partial charge < -0.3 is 4.42 Å². The second-order valence-corrected chi connectivity index (χ2v) is 15.1. The molecule has 0 saturated carbocycles. The highest BCUT2D eigenvalue weighted by Crippen LogP contribution is 2.37. The van der Waals surface area contributed by atoms with E-state index in [1.165, 1.54) is 65.8 Å². The van der Waals surface area contributed by atoms with E-state index in [0.29, 0.717) is 17.6 Å². The third-order valence-corrected chi connectivity index (χ3v) is 12.7. The van der Waals surface area contributed by atoms with Crippen LogP contribution in [-0.2, 0) is 0 Å². The summed E-state index contributed by atoms with van der Waals surface area (Å²) in [5.74, 6) is 1.81. The van der Waals surface area contributed by atoms with Crippen molar-refractivity contribution in [3.8, 4) is 39.9 Å². The van der Waals surface area contributed by atoms with Crippen molar-refractivity contribution in [3.05, 3.63) is 84.9 Å². The van der Waals surface area contributed by atoms with E-state index in [1.807, 2.05) is 0 Å². The lowest BCUT2D eigenvalue weighted by Crippen LogP contribution is -2.55. The molecule has 6 aromatic carbocycles. The summed E-state index contributed by atoms with van der Waals surface area (Å²) in [6, 6.07) is 29.9. The average Bonchev–Trinajstić information content (AvgIpc) is 3.73. The molecular formula is C39H34B10N4O. The molecule has 0 unspecified atom stereocenters. The van der Waals surface area contributed by atoms with Gasteiger partial charge in [0.1, 0.15) is 89.6 Å². The first kappa shape index (κ1) is 34.4. The molecule has 54 heavy (non-hydrogen) atoms. The molecule has 9 aromatic rings. The summed E-state index contributed by atoms with van der Waals surface area (Å²) >= 11 is 0. The summed E-state index contributed by atoms with van der Waals surface area (Å²) in [6.45, 7) is 0. The number of benzene rings is 6. The summed E-state index contributed by atoms with van der Waals surface area (Å²) in [4.78, 5) is 15.9. The minimum atomic E-state index is 0.577. The number of nitrogens with zero attached hydrogens (tertiary/aromatic N) is 4. The lowest BCUT2D eigenvalue weighted by atomic mass is 9.59. The van der Waals surface area contributed by atoms with E-state index in [1.54, 1.807) is 0 Å². The minimum absolute atomic E-state index is 0.577. The number of hydrogen-bond donors (Lipinski definition) is 0. The fourth-order valence-electron chi connectivity index (χ4n) is 8.73. The highest BCUT2D eigenvalue weighted by molar-refractivity contribution is 6.69. The zero-order chi connectivity index (χ0) is 37.7. The van der Waals surface area contributed by atoms with Gasteiger partial charge in [-0.3, -0.25) is 4.57 Å². The number of aromatic nitrogens is 4. The first-order valence-electron chi connectivity index (χ1n) is 18.8. The molecule has 0 fully saturated rings. The van der Waals surface area contributed by atoms with Crippen LogP contribution in [0.2, 0.25) is 0 Å². The van der Waals surface area contributed by atoms with Crippen molar-refractivity contribution in [2.24, 2.45) is 0 Å². The third-order valence-electron chi connectivity index (χ3n) is 12.7. The second kappa shape index (κ2) is 12.6. The highest BCUT2D eigenvalue weighted by atomic mass is 16.3. The van der Waals surface area contributed by atoms with E-state index in [2.05, 4.69) is 168 Å². The van der Waals surface area contributed by atoms with Crippen LogP contribution in [0.3, 0.4) is 0 Å². The molecule has 3 aromatic heterocycles. The van der Waals surface area contributed by atoms with Gasteiger partial charge in [-0.05, 0) is 41.5 Å². The number of hydrogen-bond acceptors (Lipinski definition) is 4. The summed E-state index contributed by atoms with van der Waals surface area (Å²) in [5.41, 5.74) is 21.0. The van der Waals surface area contributed by atoms with Crippen LogP contribution in [0.15, 0.2) is 89.3 Å². The fourth-order valence-corrected chi connectivity index (χ4v) is 8.73. The molecule has 0 bridgehead atoms. The first-order chi connectivity index (χ1) is 26.0. The van der Waals surface area contributed by atoms with Crippen LogP contribution < -0.4 is 54.6 Å². The van der Waals surface area contributed by atoms with Crippen molar-refractivity contribution in [2.75, 3.05) is 0 Å². The number of furan rings is 1. The quantitative estimate of drug-likeness (QED) is 0.173. The number of rotatable bonds is 4. The van der Waals surface area contributed by atoms with Crippen molar-refractivity contribution in [1.82, 2.24) is 19.5 Å². The van der Waals surface area contributed by atoms with Gasteiger partial charge in [0.05, 0.1) is 16.6 Å². The molecule has 0 radical (unpaired) electrons. The summed E-state index contributed by atoms with van der Waals surface area (Å²) < 4.78 is 8.95. The van der Waals surface area contributed by atoms with Gasteiger partial charge in [0.2, 0.25) is 5.95 Å². The lowest BCUT2D eigenvalue weighted by molar-refractivity contribution is 0.669. The Hall–Kier alpha value is -5.42. The Morgan fingerprint density at radius 2 is 0.926 bits per heavy atom. The Balaban J connectivity index is 1.33. The fraction of sp³-hybridized carbons (Fsp3) is 0. The average molecular weight is 683 g/mol. The standard InChI is InChI=1S/C39H34B10N4O/c40-26-24(27(41)31(45)34(48)30(26)44)15-12-13-23-20(14-15)18-8-5-9-19(36(18)54-23)37-50-38(25-28(42)32(46)35(49)33(47)29(25)43)52-39(51-37)53-21-10-3-1-6-16(21)17-7-2-4-11-22(17)53/h1-14H,40-49H2. The molecule has 0 amide bonds. The van der Waals surface area contributed by atoms with Gasteiger partial charge in [0.25, 0.3) is 0 Å². The van der Waals surface area contributed by atoms with Crippen LogP contribution in [0.1, 0.15) is 0 Å². The monoisotopic (exact) mass is 684 g/mol. The first-order valence-corrected chi connectivity index (χ1v) is 18.8. The largest absolute Gasteiger partial charge is 0.455 e. The Morgan fingerprint density at radius 3 is 1.52 bits per heavy atom. The number of para-hydroxylation sites is 3. The Kier molecular flexibility index (Phi) is 8.00. The smallest absolute Gasteiger partial charge is 0.238 e. The molecule has 0 aliphatic rings. The van der Waals surface area contributed by atoms with E-state index >= 15 is 0 Å². The SMILES string of the molecule is Bc1c(B)c(B)c(-c2ccc3oc4c(-c5nc(-c6c(B)c(B)c(B)c(B)c6B)nc(-n6c7ccccc7c7ccccc76)n5)cccc4c3c2)c(B)c1B. The van der Waals surface area contributed by atoms with Crippen LogP contribution in [0, 0.1) is 0 Å². The van der Waals surface area contributed by atoms with Crippen LogP contribution in [0.5, 0.6) is 0 Å². The molecule has 5 nitrogen and oxygen atoms in total. The summed E-state index contributed by atoms with van der Waals surface area (Å²) in [6.07, 6.45) is 0. The van der Waals surface area contributed by atoms with E-state index in [-0.39, 0.29) is 0 Å². The lowest BCUT2D eigenvalue weighted by Gasteiger charge is -2.20. The van der Waals surface area contributed by atoms with Gasteiger partial charge >= 0.3 is 0 Å². The molecule has 246 valence electrons. The summed E-state index contributed by atoms with van der Waals surface area (Å²) in [5, 5.41) is 4.43. The maximum absolute atomic E-state index is 6.77. The van der Waals surface area contributed by atoms with E-state index in [0.717, 1.165) is 54.9 Å². The van der Waals surface area contributed by atoms with Crippen LogP contribution >= 0.6 is 0 Å². The molecule has 0 aliphatic heterocycles. The van der Waals surface area contributed by atoms with Crippen LogP contribution in [0.25, 0.3) is 83.6 Å². The predicted octanol–water partition coefficient (Wildman–Crippen LogP) is -7.55. The van der Waals surface area contributed by atoms with E-state index < -0.39 is 0 Å². The Labute approximate surface area is 324 Å². The van der Waals surface area contributed by atoms with Gasteiger partial charge in [-0.15, -0.1) is 32.8 Å². The Bertz CT molecular complexity index is 2970. The molecule has 0 aliphatic carbocycles. The van der Waals surface area contributed by atoms with E-state index in [4.69, 9.17) is 19.4 Å². The van der Waals surface area contributed by atoms with Crippen LogP contribution in [0.4, 0.5) is 0 Å². The van der Waals surface area contributed by atoms with Gasteiger partial charge in [0, 0.05) is 27.1 Å². The van der Waals surface area contributed by atoms with Crippen molar-refractivity contribution >= 4 is 177 Å². The molecule has 15 heteroatoms. The molecule has 0 N–H and O–H groups in total. The maximum Gasteiger partial charge on any atom is 0.238 e. The van der Waals surface area contributed by atoms with E-state index in [9.17, 15) is 0 Å². The normalized spacial score (nSPS) is 11.7. The highest BCUT2D eigenvalue weighted by Gasteiger charge is 2.23. The van der Waals surface area contributed by atoms with Crippen molar-refractivity contribution < 1.29 is 4.42 Å². The van der Waals surface area contributed by atoms with Gasteiger partial charge in [-0.1, -0.05) is 76.4 Å². The summed E-state index contributed by atoms with van der Waals surface area (Å²) in [7, 11) is 22.2. The second-order valence-electron chi connectivity index (χ2n) is 15.1. The zero-order valence-electron chi connectivity index (χ0n) is 32.8. The molecule has 0 spiro atoms. The van der Waals surface area contributed by atoms with Gasteiger partial charge in [-0.2, -0.15) is 9.97 Å². The zero-order valence-corrected chi connectivity index (χ0v) is 32.8. The topological polar surface area (TPSA) is 56.7 Å². The van der Waals surface area contributed by atoms with Crippen LogP contribution in [-0.4, -0.2) is 98.0 Å². The Morgan fingerprint density at radius 1 is 0.426 bits per heavy atom. The third kappa shape index (κ3) is 4.97. The predicted molar refractivity (Wildman–Crippen MR) is 260 cm³/mol. The molecule has 0 saturated heterocycles. The minimum Gasteiger partial charge on any atom is -0.455 e. The number of fused-ring (bicyclic) bond motifs is 6. The molecule has 0 atom stereocenters. The molecular weight excluding hydrogens is 649 g/mol. The van der Waals surface area contributed by atoms with Gasteiger partial charge in [-0.25, -0.2) is 4.98 Å². The van der Waals surface area contributed by atoms with Crippen molar-refractivity contribution in [1.29, 1.82) is 0 Å². The molecule has 3 heterocycles. The van der Waals surface area contributed by atoms with Crippen molar-refractivity contribution in [2.45, 2.75) is 0 Å². The maximum atomic E-state index is 6.77. The molecule has 9 rings (SSSR count). The van der Waals surface area contributed by atoms with Gasteiger partial charge in [0.15, 0.2) is 11.6 Å².